The summed E-state index contributed by atoms with van der Waals surface area (Å²) in [5.74, 6) is 0. The summed E-state index contributed by atoms with van der Waals surface area (Å²) in [6, 6.07) is 0.213. The van der Waals surface area contributed by atoms with Crippen molar-refractivity contribution >= 4 is 6.03 Å². The highest BCUT2D eigenvalue weighted by Gasteiger charge is 2.18. The Labute approximate surface area is 97.4 Å². The number of carbonyl (C=O) groups is 1. The second-order valence-corrected chi connectivity index (χ2v) is 4.51. The van der Waals surface area contributed by atoms with Gasteiger partial charge in [0.05, 0.1) is 6.61 Å². The Hall–Kier alpha value is -0.810. The molecule has 0 saturated carbocycles. The molecule has 1 aliphatic heterocycles. The second-order valence-electron chi connectivity index (χ2n) is 4.51. The first kappa shape index (κ1) is 13.3. The van der Waals surface area contributed by atoms with E-state index < -0.39 is 0 Å². The van der Waals surface area contributed by atoms with E-state index in [1.54, 1.807) is 0 Å². The first-order valence-corrected chi connectivity index (χ1v) is 6.02. The smallest absolute Gasteiger partial charge is 0.317 e. The lowest BCUT2D eigenvalue weighted by Gasteiger charge is -2.23. The monoisotopic (exact) mass is 229 g/mol. The van der Waals surface area contributed by atoms with Crippen molar-refractivity contribution in [1.29, 1.82) is 0 Å². The van der Waals surface area contributed by atoms with Crippen LogP contribution in [-0.2, 0) is 0 Å². The van der Waals surface area contributed by atoms with Gasteiger partial charge in [-0.2, -0.15) is 0 Å². The Morgan fingerprint density at radius 2 is 2.06 bits per heavy atom. The summed E-state index contributed by atoms with van der Waals surface area (Å²) < 4.78 is 0. The van der Waals surface area contributed by atoms with Crippen LogP contribution in [0.15, 0.2) is 0 Å². The topological polar surface area (TPSA) is 55.8 Å². The molecule has 0 unspecified atom stereocenters. The molecule has 0 aliphatic carbocycles. The third-order valence-corrected chi connectivity index (χ3v) is 2.70. The van der Waals surface area contributed by atoms with Crippen LogP contribution in [0.2, 0.25) is 0 Å². The molecule has 0 aromatic carbocycles. The number of nitrogens with one attached hydrogen (secondary N) is 1. The summed E-state index contributed by atoms with van der Waals surface area (Å²) in [5, 5.41) is 11.8. The number of aliphatic hydroxyl groups is 1. The lowest BCUT2D eigenvalue weighted by atomic mass is 10.4. The molecule has 5 heteroatoms. The van der Waals surface area contributed by atoms with Gasteiger partial charge in [-0.1, -0.05) is 0 Å². The van der Waals surface area contributed by atoms with E-state index in [9.17, 15) is 4.79 Å². The van der Waals surface area contributed by atoms with Crippen molar-refractivity contribution in [3.05, 3.63) is 0 Å². The van der Waals surface area contributed by atoms with Crippen molar-refractivity contribution in [2.45, 2.75) is 26.3 Å². The van der Waals surface area contributed by atoms with Crippen molar-refractivity contribution in [2.75, 3.05) is 39.3 Å². The third-order valence-electron chi connectivity index (χ3n) is 2.70. The van der Waals surface area contributed by atoms with Gasteiger partial charge in [0.2, 0.25) is 0 Å². The zero-order chi connectivity index (χ0) is 12.0. The molecule has 0 radical (unpaired) electrons. The molecule has 1 heterocycles. The Bertz CT molecular complexity index is 221. The van der Waals surface area contributed by atoms with Gasteiger partial charge in [-0.3, -0.25) is 4.90 Å². The quantitative estimate of drug-likeness (QED) is 0.722. The highest BCUT2D eigenvalue weighted by molar-refractivity contribution is 5.74. The average molecular weight is 229 g/mol. The number of amides is 2. The molecular weight excluding hydrogens is 206 g/mol. The fourth-order valence-corrected chi connectivity index (χ4v) is 1.88. The fraction of sp³-hybridized carbons (Fsp3) is 0.909. The number of β-amino-alcohol motifs (C(OH)–C–C–N with tert-alkyl or cyclic N) is 1. The standard InChI is InChI=1S/C11H23N3O2/c1-10(2)12-11(16)14-5-3-4-13(6-7-14)8-9-15/h10,15H,3-9H2,1-2H3,(H,12,16). The number of urea groups is 1. The average Bonchev–Trinajstić information content (AvgIpc) is 2.43. The maximum atomic E-state index is 11.8. The van der Waals surface area contributed by atoms with Gasteiger partial charge in [-0.15, -0.1) is 0 Å². The molecule has 0 spiro atoms. The lowest BCUT2D eigenvalue weighted by Crippen LogP contribution is -2.44. The van der Waals surface area contributed by atoms with Gasteiger partial charge in [0.1, 0.15) is 0 Å². The van der Waals surface area contributed by atoms with E-state index in [1.807, 2.05) is 18.7 Å². The van der Waals surface area contributed by atoms with E-state index >= 15 is 0 Å². The van der Waals surface area contributed by atoms with Gasteiger partial charge in [0.15, 0.2) is 0 Å². The molecular formula is C11H23N3O2. The zero-order valence-electron chi connectivity index (χ0n) is 10.3. The first-order valence-electron chi connectivity index (χ1n) is 6.02. The van der Waals surface area contributed by atoms with E-state index in [0.29, 0.717) is 6.54 Å². The van der Waals surface area contributed by atoms with Crippen LogP contribution in [0.3, 0.4) is 0 Å². The van der Waals surface area contributed by atoms with E-state index in [0.717, 1.165) is 32.6 Å². The molecule has 1 fully saturated rings. The van der Waals surface area contributed by atoms with Crippen LogP contribution in [0.4, 0.5) is 4.79 Å². The van der Waals surface area contributed by atoms with Crippen LogP contribution in [0, 0.1) is 0 Å². The number of carbonyl (C=O) groups excluding carboxylic acids is 1. The summed E-state index contributed by atoms with van der Waals surface area (Å²) in [6.45, 7) is 8.20. The van der Waals surface area contributed by atoms with E-state index in [1.165, 1.54) is 0 Å². The van der Waals surface area contributed by atoms with Crippen molar-refractivity contribution in [2.24, 2.45) is 0 Å². The van der Waals surface area contributed by atoms with Gasteiger partial charge >= 0.3 is 6.03 Å². The predicted octanol–water partition coefficient (Wildman–Crippen LogP) is 0.104. The van der Waals surface area contributed by atoms with Crippen LogP contribution in [-0.4, -0.2) is 66.3 Å². The third kappa shape index (κ3) is 4.37. The number of nitrogens with zero attached hydrogens (tertiary/aromatic N) is 2. The second kappa shape index (κ2) is 6.70. The Morgan fingerprint density at radius 1 is 1.31 bits per heavy atom. The molecule has 16 heavy (non-hydrogen) atoms. The van der Waals surface area contributed by atoms with Crippen molar-refractivity contribution in [1.82, 2.24) is 15.1 Å². The minimum atomic E-state index is 0.0286. The zero-order valence-corrected chi connectivity index (χ0v) is 10.3. The Morgan fingerprint density at radius 3 is 2.69 bits per heavy atom. The van der Waals surface area contributed by atoms with Crippen molar-refractivity contribution in [3.8, 4) is 0 Å². The summed E-state index contributed by atoms with van der Waals surface area (Å²) in [7, 11) is 0. The Kier molecular flexibility index (Phi) is 5.55. The van der Waals surface area contributed by atoms with Crippen LogP contribution in [0.5, 0.6) is 0 Å². The summed E-state index contributed by atoms with van der Waals surface area (Å²) in [4.78, 5) is 15.8. The van der Waals surface area contributed by atoms with Gasteiger partial charge < -0.3 is 15.3 Å². The number of aliphatic hydroxyl groups excluding tert-OH is 1. The van der Waals surface area contributed by atoms with Crippen LogP contribution in [0.25, 0.3) is 0 Å². The lowest BCUT2D eigenvalue weighted by molar-refractivity contribution is 0.187. The maximum absolute atomic E-state index is 11.8. The van der Waals surface area contributed by atoms with Crippen molar-refractivity contribution in [3.63, 3.8) is 0 Å². The summed E-state index contributed by atoms with van der Waals surface area (Å²) >= 11 is 0. The molecule has 0 aromatic heterocycles. The highest BCUT2D eigenvalue weighted by Crippen LogP contribution is 2.03. The van der Waals surface area contributed by atoms with Gasteiger partial charge in [-0.25, -0.2) is 4.79 Å². The van der Waals surface area contributed by atoms with E-state index in [4.69, 9.17) is 5.11 Å². The van der Waals surface area contributed by atoms with Crippen LogP contribution >= 0.6 is 0 Å². The van der Waals surface area contributed by atoms with E-state index in [2.05, 4.69) is 10.2 Å². The van der Waals surface area contributed by atoms with E-state index in [-0.39, 0.29) is 18.7 Å². The summed E-state index contributed by atoms with van der Waals surface area (Å²) in [5.41, 5.74) is 0. The van der Waals surface area contributed by atoms with Crippen LogP contribution < -0.4 is 5.32 Å². The Balaban J connectivity index is 2.37. The molecule has 1 rings (SSSR count). The number of rotatable bonds is 3. The van der Waals surface area contributed by atoms with Gasteiger partial charge in [0, 0.05) is 32.2 Å². The molecule has 2 N–H and O–H groups in total. The maximum Gasteiger partial charge on any atom is 0.317 e. The number of hydrogen-bond donors (Lipinski definition) is 2. The van der Waals surface area contributed by atoms with Gasteiger partial charge in [-0.05, 0) is 26.8 Å². The molecule has 1 aliphatic rings. The largest absolute Gasteiger partial charge is 0.395 e. The molecule has 0 aromatic rings. The van der Waals surface area contributed by atoms with Crippen molar-refractivity contribution < 1.29 is 9.90 Å². The predicted molar refractivity (Wildman–Crippen MR) is 63.4 cm³/mol. The minimum Gasteiger partial charge on any atom is -0.395 e. The van der Waals surface area contributed by atoms with Gasteiger partial charge in [0.25, 0.3) is 0 Å². The summed E-state index contributed by atoms with van der Waals surface area (Å²) in [6.07, 6.45) is 0.978. The highest BCUT2D eigenvalue weighted by atomic mass is 16.3. The molecule has 94 valence electrons. The van der Waals surface area contributed by atoms with Crippen LogP contribution in [0.1, 0.15) is 20.3 Å². The first-order chi connectivity index (χ1) is 7.63. The molecule has 0 atom stereocenters. The fourth-order valence-electron chi connectivity index (χ4n) is 1.88. The molecule has 0 bridgehead atoms. The number of hydrogen-bond acceptors (Lipinski definition) is 3. The molecule has 5 nitrogen and oxygen atoms in total. The minimum absolute atomic E-state index is 0.0286. The SMILES string of the molecule is CC(C)NC(=O)N1CCCN(CCO)CC1. The normalized spacial score (nSPS) is 18.6. The molecule has 2 amide bonds. The molecule has 1 saturated heterocycles.